The van der Waals surface area contributed by atoms with Crippen LogP contribution in [0.2, 0.25) is 0 Å². The summed E-state index contributed by atoms with van der Waals surface area (Å²) < 4.78 is 41.4. The third-order valence-corrected chi connectivity index (χ3v) is 12.7. The Hall–Kier alpha value is -6.00. The summed E-state index contributed by atoms with van der Waals surface area (Å²) in [5.74, 6) is -0.284. The number of fused-ring (bicyclic) bond motifs is 1. The molecule has 4 N–H and O–H groups in total. The summed E-state index contributed by atoms with van der Waals surface area (Å²) in [7, 11) is 2.56. The number of amides is 4. The monoisotopic (exact) mass is 825 g/mol. The number of halogens is 2. The number of carbonyl (C=O) groups is 4. The predicted molar refractivity (Wildman–Crippen MR) is 214 cm³/mol. The van der Waals surface area contributed by atoms with Gasteiger partial charge in [0.2, 0.25) is 11.8 Å². The van der Waals surface area contributed by atoms with Crippen molar-refractivity contribution in [2.24, 2.45) is 11.8 Å². The summed E-state index contributed by atoms with van der Waals surface area (Å²) in [5.41, 5.74) is 4.41. The van der Waals surface area contributed by atoms with Crippen molar-refractivity contribution in [3.8, 4) is 22.5 Å². The Kier molecular flexibility index (Phi) is 10.7. The zero-order valence-electron chi connectivity index (χ0n) is 33.6. The quantitative estimate of drug-likeness (QED) is 0.143. The molecule has 0 radical (unpaired) electrons. The molecular formula is C43H49F2N9O6. The third kappa shape index (κ3) is 7.76. The fourth-order valence-electron chi connectivity index (χ4n) is 9.22. The number of imidazole rings is 2. The van der Waals surface area contributed by atoms with E-state index in [1.54, 1.807) is 16.0 Å². The molecule has 4 atom stereocenters. The van der Waals surface area contributed by atoms with E-state index in [2.05, 4.69) is 36.6 Å². The first-order chi connectivity index (χ1) is 29.1. The van der Waals surface area contributed by atoms with Gasteiger partial charge in [-0.1, -0.05) is 12.1 Å². The summed E-state index contributed by atoms with van der Waals surface area (Å²) >= 11 is 0. The molecule has 9 rings (SSSR count). The number of methoxy groups -OCH3 is 2. The number of rotatable bonds is 11. The Balaban J connectivity index is 0.862. The van der Waals surface area contributed by atoms with Crippen LogP contribution in [-0.4, -0.2) is 99.7 Å². The van der Waals surface area contributed by atoms with Gasteiger partial charge in [0, 0.05) is 31.7 Å². The number of anilines is 1. The van der Waals surface area contributed by atoms with Gasteiger partial charge in [-0.3, -0.25) is 9.59 Å². The van der Waals surface area contributed by atoms with E-state index in [4.69, 9.17) is 9.47 Å². The highest BCUT2D eigenvalue weighted by atomic mass is 19.1. The second-order valence-electron chi connectivity index (χ2n) is 16.6. The number of hydrogen-bond donors (Lipinski definition) is 4. The molecule has 316 valence electrons. The van der Waals surface area contributed by atoms with Crippen LogP contribution in [0.5, 0.6) is 0 Å². The Bertz CT molecular complexity index is 2280. The average Bonchev–Trinajstić information content (AvgIpc) is 3.97. The molecule has 17 heteroatoms. The lowest BCUT2D eigenvalue weighted by Crippen LogP contribution is -2.49. The molecule has 4 amide bonds. The third-order valence-electron chi connectivity index (χ3n) is 12.7. The van der Waals surface area contributed by atoms with Crippen LogP contribution in [0.4, 0.5) is 24.1 Å². The molecule has 2 aromatic heterocycles. The van der Waals surface area contributed by atoms with Crippen molar-refractivity contribution >= 4 is 29.7 Å². The number of ether oxygens (including phenoxy) is 2. The average molecular weight is 826 g/mol. The van der Waals surface area contributed by atoms with Crippen molar-refractivity contribution < 1.29 is 37.4 Å². The molecule has 5 aliphatic rings. The Morgan fingerprint density at radius 3 is 1.72 bits per heavy atom. The second-order valence-corrected chi connectivity index (χ2v) is 16.6. The molecule has 0 unspecified atom stereocenters. The molecule has 2 saturated heterocycles. The lowest BCUT2D eigenvalue weighted by molar-refractivity contribution is -0.135. The Morgan fingerprint density at radius 1 is 0.700 bits per heavy atom. The van der Waals surface area contributed by atoms with Crippen molar-refractivity contribution in [1.82, 2.24) is 40.4 Å². The molecule has 0 bridgehead atoms. The van der Waals surface area contributed by atoms with E-state index in [1.807, 2.05) is 17.0 Å². The second kappa shape index (κ2) is 16.2. The van der Waals surface area contributed by atoms with E-state index in [0.29, 0.717) is 61.9 Å². The first kappa shape index (κ1) is 39.5. The maximum Gasteiger partial charge on any atom is 0.407 e. The SMILES string of the molecule is COC(=O)N[C@H](C(=O)N1CCC[C@H]1c1ncc(-c2cc(F)c(N3CCc4cc(-c5cnc([C@@H]6CCCN6C(=O)[C@@H](NC(=O)OC)C6CC6)[nH]5)ccc4C3)c(F)c2)[nH]1)C1CC1. The highest BCUT2D eigenvalue weighted by Crippen LogP contribution is 2.40. The molecule has 15 nitrogen and oxygen atoms in total. The normalized spacial score (nSPS) is 21.0. The van der Waals surface area contributed by atoms with Crippen molar-refractivity contribution in [1.29, 1.82) is 0 Å². The molecule has 2 saturated carbocycles. The highest BCUT2D eigenvalue weighted by Gasteiger charge is 2.45. The number of carbonyl (C=O) groups excluding carboxylic acids is 4. The van der Waals surface area contributed by atoms with Crippen LogP contribution in [0.1, 0.15) is 86.2 Å². The summed E-state index contributed by atoms with van der Waals surface area (Å²) in [5, 5.41) is 5.44. The van der Waals surface area contributed by atoms with Crippen LogP contribution in [0.3, 0.4) is 0 Å². The minimum absolute atomic E-state index is 0.0656. The standard InChI is InChI=1S/C43H49F2N9O6/c1-59-42(57)50-35(23-7-8-23)40(55)53-14-3-5-33(53)38-46-20-31(48-38)26-11-12-27-22-52(16-13-25(27)17-26)37-29(44)18-28(19-30(37)45)32-21-47-39(49-32)34-6-4-15-54(34)41(56)36(24-9-10-24)51-43(58)60-2/h11-12,17-21,23-24,33-36H,3-10,13-16,22H2,1-2H3,(H,46,48)(H,47,49)(H,50,57)(H,51,58)/t33-,34-,35-,36-/m0/s1. The topological polar surface area (TPSA) is 178 Å². The highest BCUT2D eigenvalue weighted by molar-refractivity contribution is 5.87. The number of alkyl carbamates (subject to hydrolysis) is 2. The first-order valence-electron chi connectivity index (χ1n) is 20.9. The van der Waals surface area contributed by atoms with Gasteiger partial charge in [0.1, 0.15) is 41.1 Å². The fourth-order valence-corrected chi connectivity index (χ4v) is 9.22. The van der Waals surface area contributed by atoms with Gasteiger partial charge in [-0.15, -0.1) is 0 Å². The summed E-state index contributed by atoms with van der Waals surface area (Å²) in [4.78, 5) is 72.3. The van der Waals surface area contributed by atoms with E-state index in [-0.39, 0.29) is 41.4 Å². The smallest absolute Gasteiger partial charge is 0.407 e. The molecule has 60 heavy (non-hydrogen) atoms. The maximum absolute atomic E-state index is 15.9. The number of aromatic nitrogens is 4. The minimum Gasteiger partial charge on any atom is -0.453 e. The van der Waals surface area contributed by atoms with Crippen LogP contribution >= 0.6 is 0 Å². The molecule has 5 heterocycles. The van der Waals surface area contributed by atoms with Crippen LogP contribution < -0.4 is 15.5 Å². The molecule has 2 aliphatic carbocycles. The predicted octanol–water partition coefficient (Wildman–Crippen LogP) is 5.90. The lowest BCUT2D eigenvalue weighted by Gasteiger charge is -2.31. The van der Waals surface area contributed by atoms with Gasteiger partial charge >= 0.3 is 12.2 Å². The molecular weight excluding hydrogens is 777 g/mol. The van der Waals surface area contributed by atoms with E-state index < -0.39 is 35.9 Å². The molecule has 0 spiro atoms. The van der Waals surface area contributed by atoms with E-state index in [1.165, 1.54) is 32.5 Å². The van der Waals surface area contributed by atoms with Gasteiger partial charge in [0.15, 0.2) is 0 Å². The van der Waals surface area contributed by atoms with Gasteiger partial charge in [0.25, 0.3) is 0 Å². The van der Waals surface area contributed by atoms with Crippen LogP contribution in [0, 0.1) is 23.5 Å². The van der Waals surface area contributed by atoms with Gasteiger partial charge in [0.05, 0.1) is 50.1 Å². The minimum atomic E-state index is -0.686. The van der Waals surface area contributed by atoms with Gasteiger partial charge in [-0.05, 0) is 105 Å². The fraction of sp³-hybridized carbons (Fsp3) is 0.488. The maximum atomic E-state index is 15.9. The lowest BCUT2D eigenvalue weighted by atomic mass is 9.96. The van der Waals surface area contributed by atoms with E-state index in [9.17, 15) is 19.2 Å². The molecule has 3 aliphatic heterocycles. The largest absolute Gasteiger partial charge is 0.453 e. The van der Waals surface area contributed by atoms with Crippen molar-refractivity contribution in [3.63, 3.8) is 0 Å². The number of nitrogens with one attached hydrogen (secondary N) is 4. The number of hydrogen-bond acceptors (Lipinski definition) is 9. The molecule has 4 aromatic rings. The van der Waals surface area contributed by atoms with Gasteiger partial charge in [-0.25, -0.2) is 28.3 Å². The van der Waals surface area contributed by atoms with Crippen molar-refractivity contribution in [2.75, 3.05) is 38.8 Å². The number of nitrogens with zero attached hydrogens (tertiary/aromatic N) is 5. The summed E-state index contributed by atoms with van der Waals surface area (Å²) in [6, 6.07) is 6.77. The number of likely N-dealkylation sites (tertiary alicyclic amines) is 2. The molecule has 4 fully saturated rings. The molecule has 2 aromatic carbocycles. The van der Waals surface area contributed by atoms with E-state index in [0.717, 1.165) is 67.3 Å². The zero-order chi connectivity index (χ0) is 41.7. The summed E-state index contributed by atoms with van der Waals surface area (Å²) in [6.07, 6.45) is 9.09. The number of aromatic amines is 2. The van der Waals surface area contributed by atoms with Gasteiger partial charge in [-0.2, -0.15) is 0 Å². The zero-order valence-corrected chi connectivity index (χ0v) is 33.6. The number of benzene rings is 2. The number of H-pyrrole nitrogens is 2. The van der Waals surface area contributed by atoms with Gasteiger partial charge < -0.3 is 44.8 Å². The first-order valence-corrected chi connectivity index (χ1v) is 20.9. The van der Waals surface area contributed by atoms with Crippen LogP contribution in [0.25, 0.3) is 22.5 Å². The van der Waals surface area contributed by atoms with Crippen LogP contribution in [0.15, 0.2) is 42.7 Å². The van der Waals surface area contributed by atoms with E-state index >= 15 is 8.78 Å². The Labute approximate surface area is 345 Å². The summed E-state index contributed by atoms with van der Waals surface area (Å²) in [6.45, 7) is 1.82. The van der Waals surface area contributed by atoms with Crippen LogP contribution in [-0.2, 0) is 32.0 Å². The van der Waals surface area contributed by atoms with Crippen molar-refractivity contribution in [3.05, 3.63) is 77.1 Å². The van der Waals surface area contributed by atoms with Crippen molar-refractivity contribution in [2.45, 2.75) is 88.5 Å². The Morgan fingerprint density at radius 2 is 1.22 bits per heavy atom.